The Kier molecular flexibility index (Phi) is 7.70. The van der Waals surface area contributed by atoms with Crippen LogP contribution in [0.15, 0.2) is 72.8 Å². The van der Waals surface area contributed by atoms with Gasteiger partial charge < -0.3 is 14.6 Å². The van der Waals surface area contributed by atoms with E-state index >= 15 is 0 Å². The highest BCUT2D eigenvalue weighted by Crippen LogP contribution is 2.30. The number of aryl methyl sites for hydroxylation is 1. The fraction of sp³-hybridized carbons (Fsp3) is 0.120. The molecule has 7 heteroatoms. The van der Waals surface area contributed by atoms with E-state index in [0.717, 1.165) is 6.08 Å². The van der Waals surface area contributed by atoms with Gasteiger partial charge in [0.15, 0.2) is 11.5 Å². The summed E-state index contributed by atoms with van der Waals surface area (Å²) in [5.74, 6) is -2.11. The van der Waals surface area contributed by atoms with Crippen molar-refractivity contribution in [1.29, 1.82) is 0 Å². The number of carboxylic acids is 1. The highest BCUT2D eigenvalue weighted by atomic mass is 19.1. The van der Waals surface area contributed by atoms with Gasteiger partial charge in [-0.1, -0.05) is 30.3 Å². The molecule has 0 aliphatic rings. The van der Waals surface area contributed by atoms with Crippen LogP contribution in [0, 0.1) is 11.6 Å². The monoisotopic (exact) mass is 438 g/mol. The van der Waals surface area contributed by atoms with Crippen LogP contribution in [0.1, 0.15) is 23.1 Å². The topological polar surface area (TPSA) is 72.8 Å². The molecule has 0 unspecified atom stereocenters. The zero-order valence-corrected chi connectivity index (χ0v) is 17.0. The number of carboxylic acid groups (broad SMARTS) is 1. The van der Waals surface area contributed by atoms with E-state index in [0.29, 0.717) is 23.1 Å². The third-order valence-electron chi connectivity index (χ3n) is 4.40. The first-order chi connectivity index (χ1) is 15.4. The lowest BCUT2D eigenvalue weighted by molar-refractivity contribution is -0.134. The largest absolute Gasteiger partial charge is 0.485 e. The first-order valence-electron chi connectivity index (χ1n) is 9.76. The average Bonchev–Trinajstić information content (AvgIpc) is 2.76. The van der Waals surface area contributed by atoms with Gasteiger partial charge in [-0.3, -0.25) is 4.79 Å². The lowest BCUT2D eigenvalue weighted by Crippen LogP contribution is -2.10. The van der Waals surface area contributed by atoms with Crippen molar-refractivity contribution in [2.45, 2.75) is 19.4 Å². The minimum Gasteiger partial charge on any atom is -0.485 e. The number of carbonyl (C=O) groups is 2. The molecule has 0 saturated carbocycles. The van der Waals surface area contributed by atoms with E-state index < -0.39 is 17.8 Å². The van der Waals surface area contributed by atoms with E-state index in [4.69, 9.17) is 14.6 Å². The second-order valence-electron chi connectivity index (χ2n) is 6.90. The number of hydrogen-bond acceptors (Lipinski definition) is 4. The van der Waals surface area contributed by atoms with Crippen molar-refractivity contribution in [1.82, 2.24) is 0 Å². The highest BCUT2D eigenvalue weighted by molar-refractivity contribution is 5.85. The van der Waals surface area contributed by atoms with E-state index in [1.54, 1.807) is 30.3 Å². The molecule has 0 saturated heterocycles. The number of esters is 1. The van der Waals surface area contributed by atoms with Crippen LogP contribution in [-0.4, -0.2) is 17.0 Å². The maximum Gasteiger partial charge on any atom is 0.328 e. The lowest BCUT2D eigenvalue weighted by Gasteiger charge is -2.13. The molecule has 0 aliphatic carbocycles. The van der Waals surface area contributed by atoms with Crippen molar-refractivity contribution in [3.8, 4) is 11.5 Å². The van der Waals surface area contributed by atoms with Crippen molar-refractivity contribution in [3.63, 3.8) is 0 Å². The van der Waals surface area contributed by atoms with Crippen LogP contribution in [0.25, 0.3) is 6.08 Å². The summed E-state index contributed by atoms with van der Waals surface area (Å²) in [6.07, 6.45) is 2.66. The van der Waals surface area contributed by atoms with Crippen molar-refractivity contribution in [2.24, 2.45) is 0 Å². The van der Waals surface area contributed by atoms with Gasteiger partial charge in [-0.25, -0.2) is 13.6 Å². The molecule has 32 heavy (non-hydrogen) atoms. The molecule has 0 amide bonds. The van der Waals surface area contributed by atoms with Gasteiger partial charge in [0.05, 0.1) is 0 Å². The molecule has 0 spiro atoms. The van der Waals surface area contributed by atoms with Gasteiger partial charge in [-0.2, -0.15) is 0 Å². The molecular formula is C25H20F2O5. The van der Waals surface area contributed by atoms with E-state index in [-0.39, 0.29) is 30.3 Å². The van der Waals surface area contributed by atoms with Crippen LogP contribution in [0.2, 0.25) is 0 Å². The van der Waals surface area contributed by atoms with E-state index in [9.17, 15) is 18.4 Å². The van der Waals surface area contributed by atoms with Crippen LogP contribution in [0.5, 0.6) is 11.5 Å². The molecule has 3 rings (SSSR count). The number of rotatable bonds is 9. The summed E-state index contributed by atoms with van der Waals surface area (Å²) in [6, 6.07) is 16.4. The Bertz CT molecular complexity index is 1140. The van der Waals surface area contributed by atoms with Crippen molar-refractivity contribution in [2.75, 3.05) is 0 Å². The van der Waals surface area contributed by atoms with Crippen LogP contribution >= 0.6 is 0 Å². The Balaban J connectivity index is 1.73. The standard InChI is InChI=1S/C25H20F2O5/c26-20-5-1-3-17(13-20)9-12-25(30)32-22-10-7-18(8-11-24(28)29)15-23(22)31-16-19-4-2-6-21(27)14-19/h1-8,10-11,13-15H,9,12,16H2,(H,28,29)/b11-8+. The zero-order valence-electron chi connectivity index (χ0n) is 17.0. The summed E-state index contributed by atoms with van der Waals surface area (Å²) in [6.45, 7) is 0.0116. The average molecular weight is 438 g/mol. The molecule has 164 valence electrons. The van der Waals surface area contributed by atoms with Gasteiger partial charge in [0.25, 0.3) is 0 Å². The number of benzene rings is 3. The molecule has 5 nitrogen and oxygen atoms in total. The smallest absolute Gasteiger partial charge is 0.328 e. The van der Waals surface area contributed by atoms with E-state index in [1.165, 1.54) is 42.5 Å². The van der Waals surface area contributed by atoms with Gasteiger partial charge in [0.1, 0.15) is 18.2 Å². The first-order valence-corrected chi connectivity index (χ1v) is 9.76. The van der Waals surface area contributed by atoms with Gasteiger partial charge in [0, 0.05) is 12.5 Å². The van der Waals surface area contributed by atoms with Gasteiger partial charge in [-0.05, 0) is 65.6 Å². The lowest BCUT2D eigenvalue weighted by atomic mass is 10.1. The molecule has 0 aromatic heterocycles. The minimum atomic E-state index is -1.11. The van der Waals surface area contributed by atoms with Gasteiger partial charge in [0.2, 0.25) is 0 Å². The second kappa shape index (κ2) is 10.9. The summed E-state index contributed by atoms with van der Waals surface area (Å²) in [4.78, 5) is 23.1. The maximum absolute atomic E-state index is 13.4. The summed E-state index contributed by atoms with van der Waals surface area (Å²) in [7, 11) is 0. The van der Waals surface area contributed by atoms with Crippen molar-refractivity contribution < 1.29 is 33.0 Å². The molecule has 1 N–H and O–H groups in total. The van der Waals surface area contributed by atoms with Crippen LogP contribution in [-0.2, 0) is 22.6 Å². The fourth-order valence-electron chi connectivity index (χ4n) is 2.89. The number of ether oxygens (including phenoxy) is 2. The first kappa shape index (κ1) is 22.7. The summed E-state index contributed by atoms with van der Waals surface area (Å²) in [5.41, 5.74) is 1.75. The minimum absolute atomic E-state index is 0.0116. The van der Waals surface area contributed by atoms with Gasteiger partial charge in [-0.15, -0.1) is 0 Å². The molecule has 0 aliphatic heterocycles. The quantitative estimate of drug-likeness (QED) is 0.283. The summed E-state index contributed by atoms with van der Waals surface area (Å²) < 4.78 is 37.9. The van der Waals surface area contributed by atoms with Crippen LogP contribution in [0.3, 0.4) is 0 Å². The number of halogens is 2. The normalized spacial score (nSPS) is 10.8. The maximum atomic E-state index is 13.4. The second-order valence-corrected chi connectivity index (χ2v) is 6.90. The Morgan fingerprint density at radius 1 is 0.875 bits per heavy atom. The number of carbonyl (C=O) groups excluding carboxylic acids is 1. The molecule has 0 atom stereocenters. The third kappa shape index (κ3) is 7.05. The number of aliphatic carboxylic acids is 1. The van der Waals surface area contributed by atoms with Crippen molar-refractivity contribution >= 4 is 18.0 Å². The van der Waals surface area contributed by atoms with Crippen LogP contribution < -0.4 is 9.47 Å². The summed E-state index contributed by atoms with van der Waals surface area (Å²) in [5, 5.41) is 8.82. The van der Waals surface area contributed by atoms with E-state index in [2.05, 4.69) is 0 Å². The Morgan fingerprint density at radius 2 is 1.56 bits per heavy atom. The van der Waals surface area contributed by atoms with E-state index in [1.807, 2.05) is 0 Å². The third-order valence-corrected chi connectivity index (χ3v) is 4.40. The Morgan fingerprint density at radius 3 is 2.25 bits per heavy atom. The molecule has 0 radical (unpaired) electrons. The summed E-state index contributed by atoms with van der Waals surface area (Å²) >= 11 is 0. The SMILES string of the molecule is O=C(O)/C=C/c1ccc(OC(=O)CCc2cccc(F)c2)c(OCc2cccc(F)c2)c1. The fourth-order valence-corrected chi connectivity index (χ4v) is 2.89. The molecule has 0 heterocycles. The van der Waals surface area contributed by atoms with Gasteiger partial charge >= 0.3 is 11.9 Å². The zero-order chi connectivity index (χ0) is 22.9. The molecule has 0 bridgehead atoms. The predicted molar refractivity (Wildman–Crippen MR) is 114 cm³/mol. The molecular weight excluding hydrogens is 418 g/mol. The molecule has 3 aromatic carbocycles. The van der Waals surface area contributed by atoms with Crippen LogP contribution in [0.4, 0.5) is 8.78 Å². The molecule has 0 fully saturated rings. The Hall–Kier alpha value is -4.00. The highest BCUT2D eigenvalue weighted by Gasteiger charge is 2.12. The Labute approximate surface area is 183 Å². The predicted octanol–water partition coefficient (Wildman–Crippen LogP) is 5.18. The molecule has 3 aromatic rings. The van der Waals surface area contributed by atoms with Crippen molar-refractivity contribution in [3.05, 3.63) is 101 Å². The number of hydrogen-bond donors (Lipinski definition) is 1.